The van der Waals surface area contributed by atoms with E-state index >= 15 is 0 Å². The fourth-order valence-corrected chi connectivity index (χ4v) is 1.47. The van der Waals surface area contributed by atoms with Crippen molar-refractivity contribution in [3.8, 4) is 0 Å². The largest absolute Gasteiger partial charge is 0.293 e. The third kappa shape index (κ3) is 5.58. The van der Waals surface area contributed by atoms with Crippen molar-refractivity contribution < 1.29 is 0 Å². The van der Waals surface area contributed by atoms with Crippen molar-refractivity contribution in [3.05, 3.63) is 34.9 Å². The molecule has 0 N–H and O–H groups in total. The van der Waals surface area contributed by atoms with E-state index in [9.17, 15) is 0 Å². The molecule has 1 nitrogen and oxygen atoms in total. The molecule has 0 aromatic heterocycles. The zero-order valence-corrected chi connectivity index (χ0v) is 10.0. The summed E-state index contributed by atoms with van der Waals surface area (Å²) >= 11 is 5.79. The van der Waals surface area contributed by atoms with E-state index < -0.39 is 0 Å². The van der Waals surface area contributed by atoms with Crippen LogP contribution in [0.2, 0.25) is 5.02 Å². The minimum Gasteiger partial charge on any atom is -0.293 e. The highest BCUT2D eigenvalue weighted by molar-refractivity contribution is 6.30. The van der Waals surface area contributed by atoms with E-state index in [4.69, 9.17) is 11.6 Å². The summed E-state index contributed by atoms with van der Waals surface area (Å²) in [4.78, 5) is 4.38. The molecule has 0 aliphatic rings. The molecule has 0 atom stereocenters. The van der Waals surface area contributed by atoms with Crippen LogP contribution in [-0.2, 0) is 0 Å². The van der Waals surface area contributed by atoms with Gasteiger partial charge in [0.1, 0.15) is 0 Å². The van der Waals surface area contributed by atoms with Crippen molar-refractivity contribution in [2.75, 3.05) is 6.54 Å². The van der Waals surface area contributed by atoms with Crippen LogP contribution in [0.4, 0.5) is 0 Å². The lowest BCUT2D eigenvalue weighted by atomic mass is 10.2. The Morgan fingerprint density at radius 2 is 1.87 bits per heavy atom. The van der Waals surface area contributed by atoms with Gasteiger partial charge in [-0.15, -0.1) is 0 Å². The summed E-state index contributed by atoms with van der Waals surface area (Å²) in [5, 5.41) is 0.773. The molecule has 1 aromatic rings. The average Bonchev–Trinajstić information content (AvgIpc) is 2.26. The molecule has 0 aliphatic heterocycles. The average molecular weight is 224 g/mol. The van der Waals surface area contributed by atoms with Crippen molar-refractivity contribution in [1.82, 2.24) is 0 Å². The van der Waals surface area contributed by atoms with E-state index in [1.807, 2.05) is 30.5 Å². The van der Waals surface area contributed by atoms with Crippen LogP contribution in [0.15, 0.2) is 29.3 Å². The van der Waals surface area contributed by atoms with E-state index in [1.165, 1.54) is 25.7 Å². The predicted molar refractivity (Wildman–Crippen MR) is 68.1 cm³/mol. The molecule has 2 heteroatoms. The number of hydrogen-bond donors (Lipinski definition) is 0. The van der Waals surface area contributed by atoms with Gasteiger partial charge in [0, 0.05) is 17.8 Å². The Bertz CT molecular complexity index is 290. The zero-order valence-electron chi connectivity index (χ0n) is 9.25. The lowest BCUT2D eigenvalue weighted by Gasteiger charge is -1.95. The van der Waals surface area contributed by atoms with Crippen molar-refractivity contribution in [2.45, 2.75) is 32.6 Å². The lowest BCUT2D eigenvalue weighted by molar-refractivity contribution is 0.676. The van der Waals surface area contributed by atoms with Gasteiger partial charge in [0.2, 0.25) is 0 Å². The highest BCUT2D eigenvalue weighted by atomic mass is 35.5. The standard InChI is InChI=1S/C13H18ClN/c1-2-3-4-5-10-15-11-12-6-8-13(14)9-7-12/h6-9,11H,2-5,10H2,1H3/b15-11+. The Kier molecular flexibility index (Phi) is 6.10. The molecular formula is C13H18ClN. The second kappa shape index (κ2) is 7.47. The van der Waals surface area contributed by atoms with Gasteiger partial charge in [-0.1, -0.05) is 49.9 Å². The maximum Gasteiger partial charge on any atom is 0.0406 e. The summed E-state index contributed by atoms with van der Waals surface area (Å²) in [6.45, 7) is 3.15. The summed E-state index contributed by atoms with van der Waals surface area (Å²) in [5.41, 5.74) is 1.12. The Hall–Kier alpha value is -0.820. The molecular weight excluding hydrogens is 206 g/mol. The van der Waals surface area contributed by atoms with Crippen LogP contribution in [0, 0.1) is 0 Å². The summed E-state index contributed by atoms with van der Waals surface area (Å²) < 4.78 is 0. The second-order valence-corrected chi connectivity index (χ2v) is 4.08. The third-order valence-corrected chi connectivity index (χ3v) is 2.50. The van der Waals surface area contributed by atoms with Crippen LogP contribution in [-0.4, -0.2) is 12.8 Å². The molecule has 0 heterocycles. The van der Waals surface area contributed by atoms with Crippen molar-refractivity contribution in [3.63, 3.8) is 0 Å². The van der Waals surface area contributed by atoms with Gasteiger partial charge in [0.15, 0.2) is 0 Å². The van der Waals surface area contributed by atoms with Crippen LogP contribution in [0.5, 0.6) is 0 Å². The molecule has 1 aromatic carbocycles. The van der Waals surface area contributed by atoms with E-state index in [1.54, 1.807) is 0 Å². The molecule has 0 saturated carbocycles. The van der Waals surface area contributed by atoms with Gasteiger partial charge in [-0.2, -0.15) is 0 Å². The number of rotatable bonds is 6. The number of halogens is 1. The number of hydrogen-bond acceptors (Lipinski definition) is 1. The van der Waals surface area contributed by atoms with Crippen LogP contribution in [0.3, 0.4) is 0 Å². The summed E-state index contributed by atoms with van der Waals surface area (Å²) in [5.74, 6) is 0. The molecule has 0 radical (unpaired) electrons. The first-order valence-corrected chi connectivity index (χ1v) is 5.96. The molecule has 0 bridgehead atoms. The van der Waals surface area contributed by atoms with Crippen LogP contribution in [0.1, 0.15) is 38.2 Å². The molecule has 15 heavy (non-hydrogen) atoms. The van der Waals surface area contributed by atoms with E-state index in [-0.39, 0.29) is 0 Å². The van der Waals surface area contributed by atoms with Crippen molar-refractivity contribution in [1.29, 1.82) is 0 Å². The van der Waals surface area contributed by atoms with Gasteiger partial charge < -0.3 is 0 Å². The smallest absolute Gasteiger partial charge is 0.0406 e. The minimum absolute atomic E-state index is 0.773. The second-order valence-electron chi connectivity index (χ2n) is 3.65. The predicted octanol–water partition coefficient (Wildman–Crippen LogP) is 4.34. The Morgan fingerprint density at radius 3 is 2.53 bits per heavy atom. The first-order chi connectivity index (χ1) is 7.33. The molecule has 0 saturated heterocycles. The van der Waals surface area contributed by atoms with E-state index in [0.717, 1.165) is 17.1 Å². The topological polar surface area (TPSA) is 12.4 Å². The van der Waals surface area contributed by atoms with Gasteiger partial charge >= 0.3 is 0 Å². The highest BCUT2D eigenvalue weighted by Crippen LogP contribution is 2.08. The molecule has 1 rings (SSSR count). The van der Waals surface area contributed by atoms with Crippen LogP contribution >= 0.6 is 11.6 Å². The molecule has 0 spiro atoms. The third-order valence-electron chi connectivity index (χ3n) is 2.25. The number of nitrogens with zero attached hydrogens (tertiary/aromatic N) is 1. The lowest BCUT2D eigenvalue weighted by Crippen LogP contribution is -1.85. The zero-order chi connectivity index (χ0) is 10.9. The summed E-state index contributed by atoms with van der Waals surface area (Å²) in [6.07, 6.45) is 6.99. The van der Waals surface area contributed by atoms with Gasteiger partial charge in [-0.3, -0.25) is 4.99 Å². The molecule has 0 amide bonds. The SMILES string of the molecule is CCCCCC/N=C/c1ccc(Cl)cc1. The monoisotopic (exact) mass is 223 g/mol. The number of aliphatic imine (C=N–C) groups is 1. The maximum atomic E-state index is 5.79. The molecule has 0 aliphatic carbocycles. The fraction of sp³-hybridized carbons (Fsp3) is 0.462. The summed E-state index contributed by atoms with van der Waals surface area (Å²) in [6, 6.07) is 7.75. The Labute approximate surface area is 97.2 Å². The molecule has 0 fully saturated rings. The quantitative estimate of drug-likeness (QED) is 0.503. The first kappa shape index (κ1) is 12.3. The van der Waals surface area contributed by atoms with E-state index in [2.05, 4.69) is 11.9 Å². The normalized spacial score (nSPS) is 11.1. The maximum absolute atomic E-state index is 5.79. The minimum atomic E-state index is 0.773. The van der Waals surface area contributed by atoms with Crippen LogP contribution < -0.4 is 0 Å². The fourth-order valence-electron chi connectivity index (χ4n) is 1.35. The van der Waals surface area contributed by atoms with Crippen LogP contribution in [0.25, 0.3) is 0 Å². The van der Waals surface area contributed by atoms with Gasteiger partial charge in [-0.25, -0.2) is 0 Å². The molecule has 0 unspecified atom stereocenters. The van der Waals surface area contributed by atoms with Gasteiger partial charge in [-0.05, 0) is 24.1 Å². The Morgan fingerprint density at radius 1 is 1.13 bits per heavy atom. The summed E-state index contributed by atoms with van der Waals surface area (Å²) in [7, 11) is 0. The van der Waals surface area contributed by atoms with Crippen molar-refractivity contribution in [2.24, 2.45) is 4.99 Å². The Balaban J connectivity index is 2.23. The number of unbranched alkanes of at least 4 members (excludes halogenated alkanes) is 3. The van der Waals surface area contributed by atoms with Gasteiger partial charge in [0.05, 0.1) is 0 Å². The number of benzene rings is 1. The van der Waals surface area contributed by atoms with Gasteiger partial charge in [0.25, 0.3) is 0 Å². The highest BCUT2D eigenvalue weighted by Gasteiger charge is 1.88. The van der Waals surface area contributed by atoms with E-state index in [0.29, 0.717) is 0 Å². The van der Waals surface area contributed by atoms with Crippen molar-refractivity contribution >= 4 is 17.8 Å². The first-order valence-electron chi connectivity index (χ1n) is 5.58. The molecule has 82 valence electrons.